The summed E-state index contributed by atoms with van der Waals surface area (Å²) >= 11 is 0. The zero-order valence-corrected chi connectivity index (χ0v) is 21.4. The number of carboxylic acid groups (broad SMARTS) is 1. The van der Waals surface area contributed by atoms with Crippen LogP contribution in [0.4, 0.5) is 14.9 Å². The fourth-order valence-electron chi connectivity index (χ4n) is 5.04. The number of aromatic carboxylic acids is 1. The van der Waals surface area contributed by atoms with Crippen molar-refractivity contribution in [1.29, 1.82) is 0 Å². The molecule has 0 radical (unpaired) electrons. The molecule has 10 heteroatoms. The molecule has 1 amide bonds. The Morgan fingerprint density at radius 2 is 1.94 bits per heavy atom. The lowest BCUT2D eigenvalue weighted by molar-refractivity contribution is 0.0478. The van der Waals surface area contributed by atoms with Crippen molar-refractivity contribution in [2.45, 2.75) is 71.1 Å². The Kier molecular flexibility index (Phi) is 6.90. The quantitative estimate of drug-likeness (QED) is 0.604. The molecule has 0 spiro atoms. The minimum atomic E-state index is -1.35. The summed E-state index contributed by atoms with van der Waals surface area (Å²) < 4.78 is 28.5. The lowest BCUT2D eigenvalue weighted by Gasteiger charge is -2.40. The number of carbonyl (C=O) groups is 2. The first-order valence-corrected chi connectivity index (χ1v) is 12.4. The van der Waals surface area contributed by atoms with Crippen molar-refractivity contribution in [1.82, 2.24) is 9.88 Å². The molecule has 36 heavy (non-hydrogen) atoms. The van der Waals surface area contributed by atoms with Crippen LogP contribution in [0.2, 0.25) is 0 Å². The van der Waals surface area contributed by atoms with E-state index in [-0.39, 0.29) is 34.8 Å². The number of halogens is 1. The van der Waals surface area contributed by atoms with E-state index in [1.54, 1.807) is 25.3 Å². The number of ether oxygens (including phenoxy) is 2. The summed E-state index contributed by atoms with van der Waals surface area (Å²) in [6.45, 7) is 8.29. The normalized spacial score (nSPS) is 20.3. The van der Waals surface area contributed by atoms with Gasteiger partial charge in [0.2, 0.25) is 5.43 Å². The first-order valence-electron chi connectivity index (χ1n) is 12.4. The summed E-state index contributed by atoms with van der Waals surface area (Å²) in [5.74, 6) is -1.65. The van der Waals surface area contributed by atoms with Crippen LogP contribution in [-0.4, -0.2) is 53.6 Å². The molecular formula is C26H34FN3O6. The van der Waals surface area contributed by atoms with Crippen LogP contribution in [-0.2, 0) is 4.74 Å². The van der Waals surface area contributed by atoms with E-state index >= 15 is 4.39 Å². The van der Waals surface area contributed by atoms with E-state index in [4.69, 9.17) is 9.47 Å². The zero-order chi connectivity index (χ0) is 26.4. The maximum Gasteiger partial charge on any atom is 0.407 e. The molecule has 2 atom stereocenters. The number of nitrogens with zero attached hydrogens (tertiary/aromatic N) is 2. The molecule has 2 aliphatic rings. The summed E-state index contributed by atoms with van der Waals surface area (Å²) in [6, 6.07) is 0.854. The average Bonchev–Trinajstić information content (AvgIpc) is 3.62. The van der Waals surface area contributed by atoms with Crippen LogP contribution < -0.4 is 20.4 Å². The smallest absolute Gasteiger partial charge is 0.407 e. The number of alkyl carbamates (subject to hydrolysis) is 1. The van der Waals surface area contributed by atoms with Crippen LogP contribution in [0.25, 0.3) is 10.9 Å². The second-order valence-electron chi connectivity index (χ2n) is 10.6. The third kappa shape index (κ3) is 4.99. The van der Waals surface area contributed by atoms with Gasteiger partial charge < -0.3 is 29.4 Å². The Morgan fingerprint density at radius 3 is 2.50 bits per heavy atom. The van der Waals surface area contributed by atoms with Gasteiger partial charge in [-0.3, -0.25) is 4.79 Å². The van der Waals surface area contributed by atoms with E-state index in [0.29, 0.717) is 25.0 Å². The number of aromatic nitrogens is 1. The van der Waals surface area contributed by atoms with Crippen molar-refractivity contribution in [3.63, 3.8) is 0 Å². The first-order chi connectivity index (χ1) is 16.9. The standard InChI is InChI=1S/C26H34FN3O6/c1-6-14-9-10-29(13-19(14)28-25(34)36-26(2,3)4)21-18(27)11-16-20(23(21)35-5)30(15-7-8-15)12-17(22(16)31)24(32)33/h11-12,14-15,19H,6-10,13H2,1-5H3,(H,28,34)(H,32,33)/t14-,19-/m1/s1. The number of fused-ring (bicyclic) bond motifs is 1. The largest absolute Gasteiger partial charge is 0.492 e. The Morgan fingerprint density at radius 1 is 1.25 bits per heavy atom. The van der Waals surface area contributed by atoms with Crippen molar-refractivity contribution < 1.29 is 28.6 Å². The van der Waals surface area contributed by atoms with E-state index in [2.05, 4.69) is 12.2 Å². The average molecular weight is 504 g/mol. The molecule has 2 heterocycles. The molecule has 1 aromatic heterocycles. The molecular weight excluding hydrogens is 469 g/mol. The van der Waals surface area contributed by atoms with Gasteiger partial charge in [-0.1, -0.05) is 13.3 Å². The molecule has 9 nitrogen and oxygen atoms in total. The highest BCUT2D eigenvalue weighted by Gasteiger charge is 2.35. The number of pyridine rings is 1. The molecule has 0 unspecified atom stereocenters. The fraction of sp³-hybridized carbons (Fsp3) is 0.577. The zero-order valence-electron chi connectivity index (χ0n) is 21.4. The lowest BCUT2D eigenvalue weighted by Crippen LogP contribution is -2.53. The van der Waals surface area contributed by atoms with E-state index in [1.165, 1.54) is 13.3 Å². The van der Waals surface area contributed by atoms with Crippen LogP contribution in [0.1, 0.15) is 69.8 Å². The van der Waals surface area contributed by atoms with E-state index in [0.717, 1.165) is 25.3 Å². The van der Waals surface area contributed by atoms with Gasteiger partial charge in [-0.25, -0.2) is 14.0 Å². The number of methoxy groups -OCH3 is 1. The number of carbonyl (C=O) groups excluding carboxylic acids is 1. The minimum Gasteiger partial charge on any atom is -0.492 e. The van der Waals surface area contributed by atoms with Crippen molar-refractivity contribution in [3.8, 4) is 5.75 Å². The Labute approximate surface area is 209 Å². The van der Waals surface area contributed by atoms with Crippen LogP contribution >= 0.6 is 0 Å². The van der Waals surface area contributed by atoms with Gasteiger partial charge >= 0.3 is 12.1 Å². The van der Waals surface area contributed by atoms with Gasteiger partial charge in [0.15, 0.2) is 11.6 Å². The minimum absolute atomic E-state index is 0.0193. The topological polar surface area (TPSA) is 110 Å². The number of piperidine rings is 1. The molecule has 1 aliphatic heterocycles. The molecule has 1 saturated heterocycles. The number of hydrogen-bond acceptors (Lipinski definition) is 6. The summed E-state index contributed by atoms with van der Waals surface area (Å²) in [7, 11) is 1.42. The molecule has 2 fully saturated rings. The van der Waals surface area contributed by atoms with Gasteiger partial charge in [-0.05, 0) is 52.0 Å². The van der Waals surface area contributed by atoms with Gasteiger partial charge in [0.05, 0.1) is 24.1 Å². The fourth-order valence-corrected chi connectivity index (χ4v) is 5.04. The van der Waals surface area contributed by atoms with Crippen molar-refractivity contribution in [3.05, 3.63) is 33.9 Å². The van der Waals surface area contributed by atoms with Crippen molar-refractivity contribution in [2.24, 2.45) is 5.92 Å². The molecule has 0 bridgehead atoms. The van der Waals surface area contributed by atoms with E-state index in [9.17, 15) is 19.5 Å². The second-order valence-corrected chi connectivity index (χ2v) is 10.6. The SMILES string of the molecule is CC[C@@H]1CCN(c2c(F)cc3c(=O)c(C(=O)O)cn(C4CC4)c3c2OC)C[C@H]1NC(=O)OC(C)(C)C. The van der Waals surface area contributed by atoms with Gasteiger partial charge in [-0.2, -0.15) is 0 Å². The number of hydrogen-bond donors (Lipinski definition) is 2. The van der Waals surface area contributed by atoms with Gasteiger partial charge in [0.1, 0.15) is 16.9 Å². The summed E-state index contributed by atoms with van der Waals surface area (Å²) in [5, 5.41) is 12.5. The Bertz CT molecular complexity index is 1250. The maximum atomic E-state index is 15.7. The number of benzene rings is 1. The number of carboxylic acids is 1. The van der Waals surface area contributed by atoms with Gasteiger partial charge in [-0.15, -0.1) is 0 Å². The summed E-state index contributed by atoms with van der Waals surface area (Å²) in [4.78, 5) is 39.0. The maximum absolute atomic E-state index is 15.7. The Hall–Kier alpha value is -3.30. The summed E-state index contributed by atoms with van der Waals surface area (Å²) in [5.41, 5.74) is -1.19. The molecule has 1 saturated carbocycles. The number of rotatable bonds is 6. The summed E-state index contributed by atoms with van der Waals surface area (Å²) in [6.07, 6.45) is 4.02. The van der Waals surface area contributed by atoms with E-state index in [1.807, 2.05) is 4.90 Å². The molecule has 1 aromatic carbocycles. The predicted molar refractivity (Wildman–Crippen MR) is 134 cm³/mol. The van der Waals surface area contributed by atoms with E-state index < -0.39 is 34.5 Å². The van der Waals surface area contributed by atoms with Crippen molar-refractivity contribution >= 4 is 28.7 Å². The second kappa shape index (κ2) is 9.63. The highest BCUT2D eigenvalue weighted by molar-refractivity contribution is 5.97. The van der Waals surface area contributed by atoms with Crippen LogP contribution in [0.3, 0.4) is 0 Å². The Balaban J connectivity index is 1.78. The number of nitrogens with one attached hydrogen (secondary N) is 1. The molecule has 196 valence electrons. The van der Waals surface area contributed by atoms with Crippen molar-refractivity contribution in [2.75, 3.05) is 25.1 Å². The molecule has 1 aliphatic carbocycles. The van der Waals surface area contributed by atoms with Gasteiger partial charge in [0.25, 0.3) is 0 Å². The predicted octanol–water partition coefficient (Wildman–Crippen LogP) is 4.31. The number of amides is 1. The monoisotopic (exact) mass is 503 g/mol. The van der Waals surface area contributed by atoms with Crippen LogP contribution in [0, 0.1) is 11.7 Å². The highest BCUT2D eigenvalue weighted by atomic mass is 19.1. The third-order valence-electron chi connectivity index (χ3n) is 6.87. The first kappa shape index (κ1) is 25.8. The van der Waals surface area contributed by atoms with Crippen LogP contribution in [0.15, 0.2) is 17.1 Å². The highest BCUT2D eigenvalue weighted by Crippen LogP contribution is 2.44. The molecule has 2 N–H and O–H groups in total. The number of anilines is 1. The molecule has 2 aromatic rings. The lowest BCUT2D eigenvalue weighted by atomic mass is 9.89. The van der Waals surface area contributed by atoms with Crippen LogP contribution in [0.5, 0.6) is 5.75 Å². The van der Waals surface area contributed by atoms with Gasteiger partial charge in [0, 0.05) is 25.3 Å². The third-order valence-corrected chi connectivity index (χ3v) is 6.87. The molecule has 4 rings (SSSR count).